The second-order valence-corrected chi connectivity index (χ2v) is 5.40. The number of hydrogen-bond acceptors (Lipinski definition) is 5. The molecule has 0 heterocycles. The van der Waals surface area contributed by atoms with E-state index in [1.54, 1.807) is 29.8 Å². The van der Waals surface area contributed by atoms with E-state index >= 15 is 0 Å². The highest BCUT2D eigenvalue weighted by Gasteiger charge is 2.07. The number of nitrogens with one attached hydrogen (secondary N) is 2. The molecule has 0 radical (unpaired) electrons. The molecule has 24 heavy (non-hydrogen) atoms. The fourth-order valence-electron chi connectivity index (χ4n) is 1.84. The van der Waals surface area contributed by atoms with Crippen molar-refractivity contribution in [1.29, 1.82) is 0 Å². The van der Waals surface area contributed by atoms with Gasteiger partial charge in [-0.2, -0.15) is 0 Å². The first-order valence-electron chi connectivity index (χ1n) is 6.85. The molecule has 6 nitrogen and oxygen atoms in total. The van der Waals surface area contributed by atoms with Crippen molar-refractivity contribution in [1.82, 2.24) is 5.48 Å². The van der Waals surface area contributed by atoms with Gasteiger partial charge >= 0.3 is 0 Å². The number of nitrogens with zero attached hydrogens (tertiary/aromatic N) is 1. The zero-order valence-corrected chi connectivity index (χ0v) is 13.9. The Morgan fingerprint density at radius 2 is 1.83 bits per heavy atom. The van der Waals surface area contributed by atoms with Gasteiger partial charge in [-0.15, -0.1) is 0 Å². The number of amidine groups is 1. The van der Waals surface area contributed by atoms with Gasteiger partial charge in [0.05, 0.1) is 22.0 Å². The number of ether oxygens (including phenoxy) is 1. The summed E-state index contributed by atoms with van der Waals surface area (Å²) in [5.74, 6) is -0.117. The molecule has 2 aromatic carbocycles. The summed E-state index contributed by atoms with van der Waals surface area (Å²) in [6.07, 6.45) is 3.12. The van der Waals surface area contributed by atoms with Crippen LogP contribution >= 0.6 is 23.2 Å². The SMILES string of the molecule is ON=C(COC=Cc1ccccc1Nc1c(Cl)cccc1Cl)NO. The van der Waals surface area contributed by atoms with E-state index in [9.17, 15) is 0 Å². The lowest BCUT2D eigenvalue weighted by Gasteiger charge is -2.12. The zero-order chi connectivity index (χ0) is 17.4. The third kappa shape index (κ3) is 4.79. The van der Waals surface area contributed by atoms with Crippen LogP contribution in [0.4, 0.5) is 11.4 Å². The van der Waals surface area contributed by atoms with Gasteiger partial charge in [-0.3, -0.25) is 5.21 Å². The molecule has 0 saturated carbocycles. The summed E-state index contributed by atoms with van der Waals surface area (Å²) in [5, 5.41) is 24.2. The maximum absolute atomic E-state index is 8.62. The number of halogens is 2. The molecule has 0 unspecified atom stereocenters. The van der Waals surface area contributed by atoms with Crippen LogP contribution in [0.5, 0.6) is 0 Å². The van der Waals surface area contributed by atoms with Gasteiger partial charge in [0.25, 0.3) is 0 Å². The quantitative estimate of drug-likeness (QED) is 0.198. The Bertz CT molecular complexity index is 731. The van der Waals surface area contributed by atoms with E-state index in [0.717, 1.165) is 11.3 Å². The predicted molar refractivity (Wildman–Crippen MR) is 95.3 cm³/mol. The topological polar surface area (TPSA) is 86.1 Å². The molecule has 0 spiro atoms. The van der Waals surface area contributed by atoms with Gasteiger partial charge in [-0.1, -0.05) is 52.6 Å². The molecule has 0 aliphatic heterocycles. The second kappa shape index (κ2) is 9.02. The van der Waals surface area contributed by atoms with Crippen molar-refractivity contribution in [2.75, 3.05) is 11.9 Å². The van der Waals surface area contributed by atoms with Crippen molar-refractivity contribution >= 4 is 46.5 Å². The van der Waals surface area contributed by atoms with Crippen LogP contribution in [0.3, 0.4) is 0 Å². The normalized spacial score (nSPS) is 11.5. The Balaban J connectivity index is 2.13. The maximum atomic E-state index is 8.62. The number of anilines is 2. The predicted octanol–water partition coefficient (Wildman–Crippen LogP) is 4.49. The van der Waals surface area contributed by atoms with E-state index in [2.05, 4.69) is 10.5 Å². The van der Waals surface area contributed by atoms with Gasteiger partial charge < -0.3 is 15.3 Å². The standard InChI is InChI=1S/C16H15Cl2N3O3/c17-12-5-3-6-13(18)16(12)19-14-7-2-1-4-11(14)8-9-24-10-15(20-22)21-23/h1-9,19,22-23H,10H2,(H,20,21). The van der Waals surface area contributed by atoms with E-state index < -0.39 is 0 Å². The number of rotatable bonds is 6. The molecule has 0 atom stereocenters. The lowest BCUT2D eigenvalue weighted by molar-refractivity contribution is 0.202. The van der Waals surface area contributed by atoms with Crippen LogP contribution < -0.4 is 10.8 Å². The first-order chi connectivity index (χ1) is 11.7. The second-order valence-electron chi connectivity index (χ2n) is 4.58. The van der Waals surface area contributed by atoms with E-state index in [-0.39, 0.29) is 12.4 Å². The van der Waals surface area contributed by atoms with Crippen LogP contribution in [0, 0.1) is 0 Å². The average molecular weight is 368 g/mol. The van der Waals surface area contributed by atoms with Crippen LogP contribution in [0.15, 0.2) is 53.9 Å². The van der Waals surface area contributed by atoms with Gasteiger partial charge in [-0.05, 0) is 24.3 Å². The molecule has 8 heteroatoms. The third-order valence-electron chi connectivity index (χ3n) is 3.00. The lowest BCUT2D eigenvalue weighted by atomic mass is 10.1. The molecule has 0 aromatic heterocycles. The third-order valence-corrected chi connectivity index (χ3v) is 3.63. The van der Waals surface area contributed by atoms with Crippen molar-refractivity contribution in [3.8, 4) is 0 Å². The zero-order valence-electron chi connectivity index (χ0n) is 12.4. The van der Waals surface area contributed by atoms with E-state index in [1.165, 1.54) is 6.26 Å². The van der Waals surface area contributed by atoms with E-state index in [0.29, 0.717) is 15.7 Å². The molecule has 0 aliphatic rings. The molecule has 0 amide bonds. The Kier molecular flexibility index (Phi) is 6.74. The van der Waals surface area contributed by atoms with Crippen LogP contribution in [-0.2, 0) is 4.74 Å². The minimum absolute atomic E-state index is 0.116. The molecule has 2 aromatic rings. The molecule has 2 rings (SSSR count). The highest BCUT2D eigenvalue weighted by Crippen LogP contribution is 2.33. The monoisotopic (exact) mass is 367 g/mol. The molecular weight excluding hydrogens is 353 g/mol. The number of hydroxylamine groups is 1. The van der Waals surface area contributed by atoms with Crippen molar-refractivity contribution < 1.29 is 15.2 Å². The van der Waals surface area contributed by atoms with E-state index in [1.807, 2.05) is 24.3 Å². The summed E-state index contributed by atoms with van der Waals surface area (Å²) in [6.45, 7) is -0.116. The lowest BCUT2D eigenvalue weighted by Crippen LogP contribution is -2.23. The largest absolute Gasteiger partial charge is 0.493 e. The van der Waals surface area contributed by atoms with Crippen molar-refractivity contribution in [2.24, 2.45) is 5.16 Å². The smallest absolute Gasteiger partial charge is 0.203 e. The van der Waals surface area contributed by atoms with Gasteiger partial charge in [-0.25, -0.2) is 5.48 Å². The van der Waals surface area contributed by atoms with Gasteiger partial charge in [0, 0.05) is 11.3 Å². The van der Waals surface area contributed by atoms with Crippen molar-refractivity contribution in [3.05, 3.63) is 64.3 Å². The van der Waals surface area contributed by atoms with Crippen LogP contribution in [0.25, 0.3) is 6.08 Å². The number of para-hydroxylation sites is 2. The maximum Gasteiger partial charge on any atom is 0.203 e. The summed E-state index contributed by atoms with van der Waals surface area (Å²) < 4.78 is 5.16. The summed E-state index contributed by atoms with van der Waals surface area (Å²) in [6, 6.07) is 12.7. The average Bonchev–Trinajstić information content (AvgIpc) is 2.59. The van der Waals surface area contributed by atoms with Gasteiger partial charge in [0.1, 0.15) is 0 Å². The minimum Gasteiger partial charge on any atom is -0.493 e. The summed E-state index contributed by atoms with van der Waals surface area (Å²) in [4.78, 5) is 0. The number of benzene rings is 2. The molecular formula is C16H15Cl2N3O3. The Morgan fingerprint density at radius 1 is 1.12 bits per heavy atom. The molecule has 0 saturated heterocycles. The first kappa shape index (κ1) is 17.9. The fourth-order valence-corrected chi connectivity index (χ4v) is 2.33. The highest BCUT2D eigenvalue weighted by molar-refractivity contribution is 6.39. The molecule has 0 fully saturated rings. The molecule has 0 aliphatic carbocycles. The molecule has 126 valence electrons. The summed E-state index contributed by atoms with van der Waals surface area (Å²) in [5.41, 5.74) is 3.93. The van der Waals surface area contributed by atoms with Crippen molar-refractivity contribution in [2.45, 2.75) is 0 Å². The van der Waals surface area contributed by atoms with Crippen LogP contribution in [0.1, 0.15) is 5.56 Å². The molecule has 4 N–H and O–H groups in total. The van der Waals surface area contributed by atoms with Crippen LogP contribution in [-0.4, -0.2) is 22.9 Å². The number of oxime groups is 1. The summed E-state index contributed by atoms with van der Waals surface area (Å²) >= 11 is 12.3. The first-order valence-corrected chi connectivity index (χ1v) is 7.60. The van der Waals surface area contributed by atoms with E-state index in [4.69, 9.17) is 38.4 Å². The summed E-state index contributed by atoms with van der Waals surface area (Å²) in [7, 11) is 0. The Morgan fingerprint density at radius 3 is 2.50 bits per heavy atom. The van der Waals surface area contributed by atoms with Gasteiger partial charge in [0.2, 0.25) is 5.84 Å². The minimum atomic E-state index is -0.117. The Hall–Kier alpha value is -2.41. The van der Waals surface area contributed by atoms with Gasteiger partial charge in [0.15, 0.2) is 6.61 Å². The van der Waals surface area contributed by atoms with Crippen LogP contribution in [0.2, 0.25) is 10.0 Å². The fraction of sp³-hybridized carbons (Fsp3) is 0.0625. The number of hydrogen-bond donors (Lipinski definition) is 4. The van der Waals surface area contributed by atoms with Crippen molar-refractivity contribution in [3.63, 3.8) is 0 Å². The molecule has 0 bridgehead atoms. The Labute approximate surface area is 148 Å². The highest BCUT2D eigenvalue weighted by atomic mass is 35.5.